The SMILES string of the molecule is Cc1cc(CO)cnc1Oc1ccc(F)c(Br)c1. The number of aromatic nitrogens is 1. The number of halogens is 2. The molecule has 5 heteroatoms. The number of aliphatic hydroxyl groups excluding tert-OH is 1. The van der Waals surface area contributed by atoms with Crippen molar-refractivity contribution in [3.05, 3.63) is 51.9 Å². The highest BCUT2D eigenvalue weighted by atomic mass is 79.9. The number of hydrogen-bond donors (Lipinski definition) is 1. The normalized spacial score (nSPS) is 10.4. The first-order valence-corrected chi connectivity index (χ1v) is 6.08. The van der Waals surface area contributed by atoms with Crippen molar-refractivity contribution in [1.82, 2.24) is 4.98 Å². The third kappa shape index (κ3) is 2.86. The zero-order chi connectivity index (χ0) is 13.1. The Morgan fingerprint density at radius 3 is 2.78 bits per heavy atom. The second kappa shape index (κ2) is 5.46. The fourth-order valence-electron chi connectivity index (χ4n) is 1.47. The summed E-state index contributed by atoms with van der Waals surface area (Å²) in [6, 6.07) is 6.18. The minimum absolute atomic E-state index is 0.0593. The van der Waals surface area contributed by atoms with E-state index in [0.717, 1.165) is 11.1 Å². The van der Waals surface area contributed by atoms with Crippen LogP contribution in [0, 0.1) is 12.7 Å². The van der Waals surface area contributed by atoms with Crippen molar-refractivity contribution in [3.63, 3.8) is 0 Å². The molecule has 0 aliphatic heterocycles. The molecule has 1 N–H and O–H groups in total. The quantitative estimate of drug-likeness (QED) is 0.942. The number of pyridine rings is 1. The molecular weight excluding hydrogens is 301 g/mol. The maximum absolute atomic E-state index is 13.1. The lowest BCUT2D eigenvalue weighted by Gasteiger charge is -2.08. The molecule has 18 heavy (non-hydrogen) atoms. The van der Waals surface area contributed by atoms with Crippen molar-refractivity contribution in [3.8, 4) is 11.6 Å². The zero-order valence-electron chi connectivity index (χ0n) is 9.65. The van der Waals surface area contributed by atoms with Gasteiger partial charge in [-0.25, -0.2) is 9.37 Å². The van der Waals surface area contributed by atoms with E-state index in [4.69, 9.17) is 9.84 Å². The molecule has 3 nitrogen and oxygen atoms in total. The van der Waals surface area contributed by atoms with Crippen molar-refractivity contribution in [1.29, 1.82) is 0 Å². The Morgan fingerprint density at radius 1 is 1.39 bits per heavy atom. The first kappa shape index (κ1) is 13.0. The average Bonchev–Trinajstić information content (AvgIpc) is 2.36. The topological polar surface area (TPSA) is 42.4 Å². The predicted molar refractivity (Wildman–Crippen MR) is 69.1 cm³/mol. The van der Waals surface area contributed by atoms with E-state index < -0.39 is 0 Å². The molecule has 0 radical (unpaired) electrons. The van der Waals surface area contributed by atoms with Gasteiger partial charge in [0, 0.05) is 11.8 Å². The molecule has 0 atom stereocenters. The molecule has 1 aromatic carbocycles. The van der Waals surface area contributed by atoms with Gasteiger partial charge in [-0.3, -0.25) is 0 Å². The van der Waals surface area contributed by atoms with Gasteiger partial charge in [0.15, 0.2) is 0 Å². The summed E-state index contributed by atoms with van der Waals surface area (Å²) >= 11 is 3.09. The van der Waals surface area contributed by atoms with Gasteiger partial charge in [-0.15, -0.1) is 0 Å². The molecule has 0 amide bonds. The van der Waals surface area contributed by atoms with Crippen LogP contribution in [0.25, 0.3) is 0 Å². The lowest BCUT2D eigenvalue weighted by Crippen LogP contribution is -1.94. The van der Waals surface area contributed by atoms with Crippen LogP contribution in [0.2, 0.25) is 0 Å². The first-order valence-electron chi connectivity index (χ1n) is 5.29. The summed E-state index contributed by atoms with van der Waals surface area (Å²) < 4.78 is 19.0. The Labute approximate surface area is 112 Å². The molecule has 2 aromatic rings. The molecule has 0 saturated heterocycles. The van der Waals surface area contributed by atoms with Crippen LogP contribution < -0.4 is 4.74 Å². The average molecular weight is 312 g/mol. The van der Waals surface area contributed by atoms with Crippen LogP contribution in [0.1, 0.15) is 11.1 Å². The van der Waals surface area contributed by atoms with Crippen LogP contribution in [0.3, 0.4) is 0 Å². The fraction of sp³-hybridized carbons (Fsp3) is 0.154. The summed E-state index contributed by atoms with van der Waals surface area (Å²) in [5.41, 5.74) is 1.53. The largest absolute Gasteiger partial charge is 0.439 e. The van der Waals surface area contributed by atoms with Gasteiger partial charge >= 0.3 is 0 Å². The second-order valence-electron chi connectivity index (χ2n) is 3.80. The fourth-order valence-corrected chi connectivity index (χ4v) is 1.82. The number of nitrogens with zero attached hydrogens (tertiary/aromatic N) is 1. The molecule has 94 valence electrons. The Morgan fingerprint density at radius 2 is 2.17 bits per heavy atom. The van der Waals surface area contributed by atoms with Gasteiger partial charge in [-0.2, -0.15) is 0 Å². The molecule has 1 aromatic heterocycles. The third-order valence-electron chi connectivity index (χ3n) is 2.38. The molecule has 0 saturated carbocycles. The van der Waals surface area contributed by atoms with Gasteiger partial charge < -0.3 is 9.84 Å². The monoisotopic (exact) mass is 311 g/mol. The van der Waals surface area contributed by atoms with Crippen LogP contribution in [-0.4, -0.2) is 10.1 Å². The maximum Gasteiger partial charge on any atom is 0.222 e. The van der Waals surface area contributed by atoms with Gasteiger partial charge in [0.25, 0.3) is 0 Å². The van der Waals surface area contributed by atoms with Crippen molar-refractivity contribution in [2.75, 3.05) is 0 Å². The summed E-state index contributed by atoms with van der Waals surface area (Å²) in [5.74, 6) is 0.587. The minimum Gasteiger partial charge on any atom is -0.439 e. The van der Waals surface area contributed by atoms with Crippen molar-refractivity contribution in [2.45, 2.75) is 13.5 Å². The van der Waals surface area contributed by atoms with Gasteiger partial charge in [-0.1, -0.05) is 0 Å². The highest BCUT2D eigenvalue weighted by molar-refractivity contribution is 9.10. The molecule has 1 heterocycles. The van der Waals surface area contributed by atoms with E-state index in [0.29, 0.717) is 16.1 Å². The number of rotatable bonds is 3. The standard InChI is InChI=1S/C13H11BrFNO2/c1-8-4-9(7-17)6-16-13(8)18-10-2-3-12(15)11(14)5-10/h2-6,17H,7H2,1H3. The molecule has 0 unspecified atom stereocenters. The Bertz CT molecular complexity index is 575. The number of ether oxygens (including phenoxy) is 1. The highest BCUT2D eigenvalue weighted by Gasteiger charge is 2.06. The van der Waals surface area contributed by atoms with Crippen LogP contribution in [0.4, 0.5) is 4.39 Å². The number of aliphatic hydroxyl groups is 1. The van der Waals surface area contributed by atoms with E-state index in [9.17, 15) is 4.39 Å². The molecule has 0 aliphatic rings. The summed E-state index contributed by atoms with van der Waals surface area (Å²) in [6.45, 7) is 1.77. The summed E-state index contributed by atoms with van der Waals surface area (Å²) in [4.78, 5) is 4.11. The lowest BCUT2D eigenvalue weighted by molar-refractivity contribution is 0.281. The van der Waals surface area contributed by atoms with Crippen LogP contribution in [-0.2, 0) is 6.61 Å². The van der Waals surface area contributed by atoms with Gasteiger partial charge in [0.1, 0.15) is 11.6 Å². The number of aryl methyl sites for hydroxylation is 1. The molecule has 0 spiro atoms. The summed E-state index contributed by atoms with van der Waals surface area (Å²) in [6.07, 6.45) is 1.54. The minimum atomic E-state index is -0.345. The molecule has 2 rings (SSSR count). The molecular formula is C13H11BrFNO2. The Hall–Kier alpha value is -1.46. The zero-order valence-corrected chi connectivity index (χ0v) is 11.2. The van der Waals surface area contributed by atoms with E-state index in [1.54, 1.807) is 12.3 Å². The molecule has 0 fully saturated rings. The first-order chi connectivity index (χ1) is 8.60. The Balaban J connectivity index is 2.25. The lowest BCUT2D eigenvalue weighted by atomic mass is 10.2. The molecule has 0 bridgehead atoms. The van der Waals surface area contributed by atoms with Crippen molar-refractivity contribution in [2.24, 2.45) is 0 Å². The second-order valence-corrected chi connectivity index (χ2v) is 4.66. The Kier molecular flexibility index (Phi) is 3.93. The van der Waals surface area contributed by atoms with E-state index in [-0.39, 0.29) is 12.4 Å². The van der Waals surface area contributed by atoms with Gasteiger partial charge in [0.05, 0.1) is 11.1 Å². The van der Waals surface area contributed by atoms with Crippen LogP contribution >= 0.6 is 15.9 Å². The predicted octanol–water partition coefficient (Wildman–Crippen LogP) is 3.58. The summed E-state index contributed by atoms with van der Waals surface area (Å²) in [5, 5.41) is 8.98. The summed E-state index contributed by atoms with van der Waals surface area (Å²) in [7, 11) is 0. The van der Waals surface area contributed by atoms with E-state index >= 15 is 0 Å². The van der Waals surface area contributed by atoms with Crippen molar-refractivity contribution >= 4 is 15.9 Å². The van der Waals surface area contributed by atoms with E-state index in [1.165, 1.54) is 18.2 Å². The van der Waals surface area contributed by atoms with E-state index in [2.05, 4.69) is 20.9 Å². The van der Waals surface area contributed by atoms with Gasteiger partial charge in [0.2, 0.25) is 5.88 Å². The van der Waals surface area contributed by atoms with Crippen LogP contribution in [0.15, 0.2) is 34.9 Å². The maximum atomic E-state index is 13.1. The smallest absolute Gasteiger partial charge is 0.222 e. The van der Waals surface area contributed by atoms with Crippen LogP contribution in [0.5, 0.6) is 11.6 Å². The van der Waals surface area contributed by atoms with E-state index in [1.807, 2.05) is 6.92 Å². The molecule has 0 aliphatic carbocycles. The van der Waals surface area contributed by atoms with Crippen molar-refractivity contribution < 1.29 is 14.2 Å². The third-order valence-corrected chi connectivity index (χ3v) is 2.98. The van der Waals surface area contributed by atoms with Gasteiger partial charge in [-0.05, 0) is 52.7 Å². The number of benzene rings is 1. The highest BCUT2D eigenvalue weighted by Crippen LogP contribution is 2.27. The number of hydrogen-bond acceptors (Lipinski definition) is 3.